The number of para-hydroxylation sites is 2. The van der Waals surface area contributed by atoms with Gasteiger partial charge in [-0.1, -0.05) is 42.1 Å². The fourth-order valence-corrected chi connectivity index (χ4v) is 2.71. The van der Waals surface area contributed by atoms with Crippen LogP contribution in [0.1, 0.15) is 6.92 Å². The van der Waals surface area contributed by atoms with E-state index in [1.54, 1.807) is 0 Å². The smallest absolute Gasteiger partial charge is 0.191 e. The molecule has 4 nitrogen and oxygen atoms in total. The average Bonchev–Trinajstić information content (AvgIpc) is 2.55. The number of nitrogens with zero attached hydrogens (tertiary/aromatic N) is 3. The molecule has 3 rings (SSSR count). The van der Waals surface area contributed by atoms with E-state index in [1.165, 1.54) is 11.8 Å². The maximum absolute atomic E-state index is 8.97. The Kier molecular flexibility index (Phi) is 4.22. The SMILES string of the molecule is CC(C#N)Sc1nc(Nc2ccccc2)c2ccccc2n1. The van der Waals surface area contributed by atoms with Gasteiger partial charge >= 0.3 is 0 Å². The molecule has 0 amide bonds. The number of nitriles is 1. The Balaban J connectivity index is 2.04. The van der Waals surface area contributed by atoms with E-state index in [0.717, 1.165) is 22.4 Å². The average molecular weight is 306 g/mol. The van der Waals surface area contributed by atoms with Crippen LogP contribution in [0.15, 0.2) is 59.8 Å². The van der Waals surface area contributed by atoms with Crippen molar-refractivity contribution in [3.05, 3.63) is 54.6 Å². The first-order valence-corrected chi connectivity index (χ1v) is 7.79. The molecule has 0 saturated heterocycles. The Morgan fingerprint density at radius 1 is 1.05 bits per heavy atom. The molecule has 0 fully saturated rings. The first-order valence-electron chi connectivity index (χ1n) is 6.91. The molecule has 1 atom stereocenters. The summed E-state index contributed by atoms with van der Waals surface area (Å²) < 4.78 is 0. The van der Waals surface area contributed by atoms with Crippen molar-refractivity contribution in [2.75, 3.05) is 5.32 Å². The van der Waals surface area contributed by atoms with E-state index in [9.17, 15) is 0 Å². The van der Waals surface area contributed by atoms with E-state index in [0.29, 0.717) is 5.16 Å². The Hall–Kier alpha value is -2.58. The number of anilines is 2. The molecule has 5 heteroatoms. The topological polar surface area (TPSA) is 61.6 Å². The van der Waals surface area contributed by atoms with E-state index in [2.05, 4.69) is 21.4 Å². The first kappa shape index (κ1) is 14.4. The third-order valence-electron chi connectivity index (χ3n) is 3.08. The van der Waals surface area contributed by atoms with Crippen molar-refractivity contribution in [2.24, 2.45) is 0 Å². The van der Waals surface area contributed by atoms with Crippen molar-refractivity contribution in [2.45, 2.75) is 17.3 Å². The van der Waals surface area contributed by atoms with Crippen LogP contribution in [0.2, 0.25) is 0 Å². The molecular weight excluding hydrogens is 292 g/mol. The molecule has 0 bridgehead atoms. The van der Waals surface area contributed by atoms with E-state index >= 15 is 0 Å². The molecular formula is C17H14N4S. The molecule has 1 unspecified atom stereocenters. The molecule has 22 heavy (non-hydrogen) atoms. The molecule has 2 aromatic carbocycles. The Labute approximate surface area is 133 Å². The van der Waals surface area contributed by atoms with Gasteiger partial charge in [0.2, 0.25) is 0 Å². The zero-order valence-electron chi connectivity index (χ0n) is 12.0. The van der Waals surface area contributed by atoms with E-state index in [-0.39, 0.29) is 5.25 Å². The van der Waals surface area contributed by atoms with Crippen LogP contribution < -0.4 is 5.32 Å². The Morgan fingerprint density at radius 2 is 1.77 bits per heavy atom. The lowest BCUT2D eigenvalue weighted by Gasteiger charge is -2.11. The Morgan fingerprint density at radius 3 is 2.55 bits per heavy atom. The van der Waals surface area contributed by atoms with Gasteiger partial charge in [-0.15, -0.1) is 0 Å². The Bertz CT molecular complexity index is 827. The summed E-state index contributed by atoms with van der Waals surface area (Å²) >= 11 is 1.36. The van der Waals surface area contributed by atoms with Gasteiger partial charge < -0.3 is 5.32 Å². The number of hydrogen-bond acceptors (Lipinski definition) is 5. The van der Waals surface area contributed by atoms with Crippen LogP contribution in [0, 0.1) is 11.3 Å². The van der Waals surface area contributed by atoms with Crippen LogP contribution in [0.5, 0.6) is 0 Å². The minimum atomic E-state index is -0.189. The molecule has 0 aliphatic rings. The normalized spacial score (nSPS) is 11.8. The molecule has 0 radical (unpaired) electrons. The van der Waals surface area contributed by atoms with Crippen molar-refractivity contribution >= 4 is 34.2 Å². The fraction of sp³-hybridized carbons (Fsp3) is 0.118. The van der Waals surface area contributed by atoms with Gasteiger partial charge in [-0.25, -0.2) is 9.97 Å². The first-order chi connectivity index (χ1) is 10.8. The monoisotopic (exact) mass is 306 g/mol. The number of hydrogen-bond donors (Lipinski definition) is 1. The van der Waals surface area contributed by atoms with Crippen LogP contribution >= 0.6 is 11.8 Å². The molecule has 108 valence electrons. The summed E-state index contributed by atoms with van der Waals surface area (Å²) in [5, 5.41) is 13.7. The highest BCUT2D eigenvalue weighted by molar-refractivity contribution is 8.00. The minimum Gasteiger partial charge on any atom is -0.340 e. The summed E-state index contributed by atoms with van der Waals surface area (Å²) in [6.45, 7) is 1.84. The summed E-state index contributed by atoms with van der Waals surface area (Å²) in [7, 11) is 0. The highest BCUT2D eigenvalue weighted by Gasteiger charge is 2.11. The lowest BCUT2D eigenvalue weighted by molar-refractivity contribution is 1.00. The van der Waals surface area contributed by atoms with Gasteiger partial charge in [-0.2, -0.15) is 5.26 Å². The van der Waals surface area contributed by atoms with Crippen LogP contribution in [0.3, 0.4) is 0 Å². The summed E-state index contributed by atoms with van der Waals surface area (Å²) in [6.07, 6.45) is 0. The lowest BCUT2D eigenvalue weighted by atomic mass is 10.2. The number of benzene rings is 2. The summed E-state index contributed by atoms with van der Waals surface area (Å²) in [5.41, 5.74) is 1.83. The van der Waals surface area contributed by atoms with Crippen molar-refractivity contribution < 1.29 is 0 Å². The van der Waals surface area contributed by atoms with Crippen molar-refractivity contribution in [3.63, 3.8) is 0 Å². The predicted molar refractivity (Wildman–Crippen MR) is 90.2 cm³/mol. The second-order valence-corrected chi connectivity index (χ2v) is 6.06. The molecule has 1 N–H and O–H groups in total. The van der Waals surface area contributed by atoms with Gasteiger partial charge in [0.15, 0.2) is 5.16 Å². The second kappa shape index (κ2) is 6.46. The third-order valence-corrected chi connectivity index (χ3v) is 3.94. The number of rotatable bonds is 4. The fourth-order valence-electron chi connectivity index (χ4n) is 2.05. The summed E-state index contributed by atoms with van der Waals surface area (Å²) in [4.78, 5) is 9.10. The quantitative estimate of drug-likeness (QED) is 0.572. The minimum absolute atomic E-state index is 0.189. The molecule has 0 aliphatic carbocycles. The van der Waals surface area contributed by atoms with Gasteiger partial charge in [-0.3, -0.25) is 0 Å². The van der Waals surface area contributed by atoms with Gasteiger partial charge in [-0.05, 0) is 31.2 Å². The summed E-state index contributed by atoms with van der Waals surface area (Å²) in [6, 6.07) is 19.9. The standard InChI is InChI=1S/C17H14N4S/c1-12(11-18)22-17-20-15-10-6-5-9-14(15)16(21-17)19-13-7-3-2-4-8-13/h2-10,12H,1H3,(H,19,20,21). The largest absolute Gasteiger partial charge is 0.340 e. The van der Waals surface area contributed by atoms with Gasteiger partial charge in [0.05, 0.1) is 16.8 Å². The number of nitrogens with one attached hydrogen (secondary N) is 1. The van der Waals surface area contributed by atoms with Crippen molar-refractivity contribution in [3.8, 4) is 6.07 Å². The lowest BCUT2D eigenvalue weighted by Crippen LogP contribution is -2.00. The predicted octanol–water partition coefficient (Wildman–Crippen LogP) is 4.38. The van der Waals surface area contributed by atoms with Gasteiger partial charge in [0.1, 0.15) is 5.82 Å². The zero-order chi connectivity index (χ0) is 15.4. The second-order valence-electron chi connectivity index (χ2n) is 4.75. The van der Waals surface area contributed by atoms with E-state index < -0.39 is 0 Å². The van der Waals surface area contributed by atoms with Gasteiger partial charge in [0.25, 0.3) is 0 Å². The van der Waals surface area contributed by atoms with Crippen LogP contribution in [0.25, 0.3) is 10.9 Å². The zero-order valence-corrected chi connectivity index (χ0v) is 12.8. The van der Waals surface area contributed by atoms with E-state index in [1.807, 2.05) is 61.5 Å². The summed E-state index contributed by atoms with van der Waals surface area (Å²) in [5.74, 6) is 0.754. The van der Waals surface area contributed by atoms with Gasteiger partial charge in [0, 0.05) is 11.1 Å². The third kappa shape index (κ3) is 3.18. The van der Waals surface area contributed by atoms with Crippen molar-refractivity contribution in [1.29, 1.82) is 5.26 Å². The van der Waals surface area contributed by atoms with Crippen LogP contribution in [-0.2, 0) is 0 Å². The number of thioether (sulfide) groups is 1. The highest BCUT2D eigenvalue weighted by atomic mass is 32.2. The molecule has 0 spiro atoms. The maximum Gasteiger partial charge on any atom is 0.191 e. The number of aromatic nitrogens is 2. The highest BCUT2D eigenvalue weighted by Crippen LogP contribution is 2.28. The molecule has 0 aliphatic heterocycles. The van der Waals surface area contributed by atoms with Crippen LogP contribution in [-0.4, -0.2) is 15.2 Å². The van der Waals surface area contributed by atoms with E-state index in [4.69, 9.17) is 5.26 Å². The molecule has 0 saturated carbocycles. The molecule has 3 aromatic rings. The molecule has 1 heterocycles. The number of fused-ring (bicyclic) bond motifs is 1. The maximum atomic E-state index is 8.97. The molecule has 1 aromatic heterocycles. The van der Waals surface area contributed by atoms with Crippen molar-refractivity contribution in [1.82, 2.24) is 9.97 Å². The van der Waals surface area contributed by atoms with Crippen LogP contribution in [0.4, 0.5) is 11.5 Å².